The number of hydrogen-bond donors (Lipinski definition) is 2. The molecule has 0 saturated carbocycles. The third kappa shape index (κ3) is 1.11. The molecule has 0 atom stereocenters. The average Bonchev–Trinajstić information content (AvgIpc) is 2.48. The summed E-state index contributed by atoms with van der Waals surface area (Å²) in [4.78, 5) is 2.72. The van der Waals surface area contributed by atoms with Crippen molar-refractivity contribution in [2.75, 3.05) is 12.8 Å². The molecule has 0 aliphatic heterocycles. The summed E-state index contributed by atoms with van der Waals surface area (Å²) >= 11 is 0. The van der Waals surface area contributed by atoms with Crippen LogP contribution in [0.1, 0.15) is 0 Å². The van der Waals surface area contributed by atoms with Gasteiger partial charge in [-0.1, -0.05) is 0 Å². The summed E-state index contributed by atoms with van der Waals surface area (Å²) in [5.74, 6) is 0.718. The molecule has 0 fully saturated rings. The monoisotopic (exact) mass is 180 g/mol. The number of H-pyrrole nitrogens is 1. The second kappa shape index (κ2) is 2.65. The number of anilines is 1. The number of methoxy groups -OCH3 is 1. The first-order valence-electron chi connectivity index (χ1n) is 3.83. The molecule has 0 unspecified atom stereocenters. The fraction of sp³-hybridized carbons (Fsp3) is 0.111. The highest BCUT2D eigenvalue weighted by Gasteiger charge is 2.08. The molecule has 0 aliphatic rings. The molecule has 2 aromatic rings. The number of nitrogens with one attached hydrogen (secondary N) is 1. The second-order valence-corrected chi connectivity index (χ2v) is 2.76. The molecule has 3 nitrogen and oxygen atoms in total. The number of aromatic amines is 1. The average molecular weight is 180 g/mol. The van der Waals surface area contributed by atoms with Crippen LogP contribution < -0.4 is 10.5 Å². The summed E-state index contributed by atoms with van der Waals surface area (Å²) < 4.78 is 18.2. The van der Waals surface area contributed by atoms with E-state index in [9.17, 15) is 4.39 Å². The van der Waals surface area contributed by atoms with Gasteiger partial charge in [0.05, 0.1) is 12.6 Å². The molecular formula is C9H9FN2O. The molecule has 1 aromatic heterocycles. The molecule has 1 heterocycles. The third-order valence-corrected chi connectivity index (χ3v) is 1.94. The van der Waals surface area contributed by atoms with Gasteiger partial charge in [0.25, 0.3) is 0 Å². The lowest BCUT2D eigenvalue weighted by molar-refractivity contribution is 0.419. The highest BCUT2D eigenvalue weighted by atomic mass is 19.1. The minimum absolute atomic E-state index is 0.326. The smallest absolute Gasteiger partial charge is 0.147 e. The molecule has 0 bridgehead atoms. The van der Waals surface area contributed by atoms with Gasteiger partial charge in [0.2, 0.25) is 0 Å². The molecule has 1 aromatic carbocycles. The fourth-order valence-electron chi connectivity index (χ4n) is 1.36. The molecule has 4 heteroatoms. The molecule has 68 valence electrons. The first-order valence-corrected chi connectivity index (χ1v) is 3.83. The zero-order valence-corrected chi connectivity index (χ0v) is 7.10. The predicted molar refractivity (Wildman–Crippen MR) is 49.2 cm³/mol. The quantitative estimate of drug-likeness (QED) is 0.704. The lowest BCUT2D eigenvalue weighted by Gasteiger charge is -2.00. The van der Waals surface area contributed by atoms with Crippen LogP contribution in [0.3, 0.4) is 0 Å². The van der Waals surface area contributed by atoms with Gasteiger partial charge in [-0.15, -0.1) is 0 Å². The standard InChI is InChI=1S/C9H9FN2O/c1-13-7-3-2-6(10)9-5(7)4-8(11)12-9/h2-4,12H,11H2,1H3. The zero-order chi connectivity index (χ0) is 9.42. The minimum Gasteiger partial charge on any atom is -0.496 e. The van der Waals surface area contributed by atoms with E-state index in [1.807, 2.05) is 0 Å². The van der Waals surface area contributed by atoms with Crippen LogP contribution in [0, 0.1) is 5.82 Å². The predicted octanol–water partition coefficient (Wildman–Crippen LogP) is 1.90. The van der Waals surface area contributed by atoms with Gasteiger partial charge in [-0.2, -0.15) is 0 Å². The van der Waals surface area contributed by atoms with Crippen LogP contribution >= 0.6 is 0 Å². The Bertz CT molecular complexity index is 450. The fourth-order valence-corrected chi connectivity index (χ4v) is 1.36. The van der Waals surface area contributed by atoms with E-state index in [1.165, 1.54) is 13.2 Å². The van der Waals surface area contributed by atoms with Crippen LogP contribution in [0.5, 0.6) is 5.75 Å². The van der Waals surface area contributed by atoms with Crippen molar-refractivity contribution in [3.05, 3.63) is 24.0 Å². The number of halogens is 1. The van der Waals surface area contributed by atoms with Crippen LogP contribution in [0.4, 0.5) is 10.2 Å². The van der Waals surface area contributed by atoms with E-state index in [0.29, 0.717) is 22.5 Å². The van der Waals surface area contributed by atoms with E-state index in [0.717, 1.165) is 0 Å². The van der Waals surface area contributed by atoms with Gasteiger partial charge in [0.1, 0.15) is 17.4 Å². The third-order valence-electron chi connectivity index (χ3n) is 1.94. The van der Waals surface area contributed by atoms with Crippen LogP contribution in [0.2, 0.25) is 0 Å². The Labute approximate surface area is 74.3 Å². The van der Waals surface area contributed by atoms with Gasteiger partial charge in [-0.3, -0.25) is 0 Å². The SMILES string of the molecule is COc1ccc(F)c2[nH]c(N)cc12. The van der Waals surface area contributed by atoms with Crippen molar-refractivity contribution in [1.82, 2.24) is 4.98 Å². The van der Waals surface area contributed by atoms with Crippen LogP contribution in [-0.4, -0.2) is 12.1 Å². The van der Waals surface area contributed by atoms with Crippen molar-refractivity contribution in [2.45, 2.75) is 0 Å². The summed E-state index contributed by atoms with van der Waals surface area (Å²) in [6.07, 6.45) is 0. The Morgan fingerprint density at radius 1 is 1.46 bits per heavy atom. The number of fused-ring (bicyclic) bond motifs is 1. The van der Waals surface area contributed by atoms with Gasteiger partial charge in [0, 0.05) is 5.39 Å². The molecule has 0 radical (unpaired) electrons. The topological polar surface area (TPSA) is 51.0 Å². The van der Waals surface area contributed by atoms with Gasteiger partial charge in [0.15, 0.2) is 0 Å². The number of ether oxygens (including phenoxy) is 1. The summed E-state index contributed by atoms with van der Waals surface area (Å²) in [5.41, 5.74) is 5.89. The van der Waals surface area contributed by atoms with Crippen molar-refractivity contribution < 1.29 is 9.13 Å². The van der Waals surface area contributed by atoms with Crippen molar-refractivity contribution in [2.24, 2.45) is 0 Å². The molecule has 0 amide bonds. The first kappa shape index (κ1) is 7.91. The lowest BCUT2D eigenvalue weighted by atomic mass is 10.2. The first-order chi connectivity index (χ1) is 6.22. The van der Waals surface area contributed by atoms with Crippen LogP contribution in [0.25, 0.3) is 10.9 Å². The van der Waals surface area contributed by atoms with E-state index in [-0.39, 0.29) is 5.82 Å². The highest BCUT2D eigenvalue weighted by Crippen LogP contribution is 2.28. The maximum atomic E-state index is 13.2. The van der Waals surface area contributed by atoms with E-state index < -0.39 is 0 Å². The van der Waals surface area contributed by atoms with Crippen LogP contribution in [-0.2, 0) is 0 Å². The van der Waals surface area contributed by atoms with Gasteiger partial charge >= 0.3 is 0 Å². The normalized spacial score (nSPS) is 10.6. The van der Waals surface area contributed by atoms with Gasteiger partial charge in [-0.05, 0) is 18.2 Å². The summed E-state index contributed by atoms with van der Waals surface area (Å²) in [6, 6.07) is 4.57. The van der Waals surface area contributed by atoms with E-state index >= 15 is 0 Å². The molecule has 2 rings (SSSR count). The maximum absolute atomic E-state index is 13.2. The highest BCUT2D eigenvalue weighted by molar-refractivity contribution is 5.89. The van der Waals surface area contributed by atoms with Crippen molar-refractivity contribution >= 4 is 16.7 Å². The molecule has 13 heavy (non-hydrogen) atoms. The minimum atomic E-state index is -0.326. The Kier molecular flexibility index (Phi) is 1.62. The Morgan fingerprint density at radius 2 is 2.23 bits per heavy atom. The van der Waals surface area contributed by atoms with E-state index in [2.05, 4.69) is 4.98 Å². The van der Waals surface area contributed by atoms with E-state index in [1.54, 1.807) is 12.1 Å². The Morgan fingerprint density at radius 3 is 2.92 bits per heavy atom. The number of rotatable bonds is 1. The molecule has 0 spiro atoms. The zero-order valence-electron chi connectivity index (χ0n) is 7.10. The van der Waals surface area contributed by atoms with Crippen LogP contribution in [0.15, 0.2) is 18.2 Å². The van der Waals surface area contributed by atoms with E-state index in [4.69, 9.17) is 10.5 Å². The lowest BCUT2D eigenvalue weighted by Crippen LogP contribution is -1.85. The largest absolute Gasteiger partial charge is 0.496 e. The number of aromatic nitrogens is 1. The molecule has 0 saturated heterocycles. The van der Waals surface area contributed by atoms with Crippen molar-refractivity contribution in [3.63, 3.8) is 0 Å². The second-order valence-electron chi connectivity index (χ2n) is 2.76. The summed E-state index contributed by atoms with van der Waals surface area (Å²) in [5, 5.41) is 0.667. The maximum Gasteiger partial charge on any atom is 0.147 e. The number of hydrogen-bond acceptors (Lipinski definition) is 2. The molecular weight excluding hydrogens is 171 g/mol. The van der Waals surface area contributed by atoms with Crippen molar-refractivity contribution in [3.8, 4) is 5.75 Å². The molecule has 3 N–H and O–H groups in total. The Balaban J connectivity index is 2.83. The summed E-state index contributed by atoms with van der Waals surface area (Å²) in [6.45, 7) is 0. The number of nitrogen functional groups attached to an aromatic ring is 1. The number of nitrogens with two attached hydrogens (primary N) is 1. The van der Waals surface area contributed by atoms with Gasteiger partial charge in [-0.25, -0.2) is 4.39 Å². The Hall–Kier alpha value is -1.71. The summed E-state index contributed by atoms with van der Waals surface area (Å²) in [7, 11) is 1.54. The number of benzene rings is 1. The molecule has 0 aliphatic carbocycles. The van der Waals surface area contributed by atoms with Gasteiger partial charge < -0.3 is 15.5 Å². The van der Waals surface area contributed by atoms with Crippen molar-refractivity contribution in [1.29, 1.82) is 0 Å².